The average molecular weight is 383 g/mol. The standard InChI is InChI=1S/C14H14IN3O2/c19-12(18-20)10-8-15-13(16-9-10)17-14(6-7-14)11-4-2-1-3-5-11/h1-5,8-9,20H,6-7H2,(H,16,17)(H,18,19). The van der Waals surface area contributed by atoms with Crippen LogP contribution in [0.3, 0.4) is 0 Å². The first-order valence-electron chi connectivity index (χ1n) is 6.26. The maximum absolute atomic E-state index is 11.3. The molecule has 0 atom stereocenters. The van der Waals surface area contributed by atoms with Crippen LogP contribution < -0.4 is 10.8 Å². The van der Waals surface area contributed by atoms with Crippen LogP contribution in [0.2, 0.25) is 0 Å². The van der Waals surface area contributed by atoms with Crippen LogP contribution in [0, 0.1) is 0 Å². The Labute approximate surface area is 126 Å². The van der Waals surface area contributed by atoms with E-state index in [9.17, 15) is 4.79 Å². The molecule has 1 aromatic carbocycles. The molecule has 1 fully saturated rings. The molecule has 5 nitrogen and oxygen atoms in total. The molecule has 0 unspecified atom stereocenters. The molecule has 104 valence electrons. The number of carbonyl (C=O) groups is 1. The van der Waals surface area contributed by atoms with Crippen molar-refractivity contribution in [2.45, 2.75) is 18.4 Å². The molecule has 1 saturated carbocycles. The fourth-order valence-electron chi connectivity index (χ4n) is 2.09. The summed E-state index contributed by atoms with van der Waals surface area (Å²) in [4.78, 5) is 15.6. The monoisotopic (exact) mass is 383 g/mol. The third kappa shape index (κ3) is 2.72. The molecule has 2 aliphatic rings. The van der Waals surface area contributed by atoms with Crippen LogP contribution >= 0.6 is 20.7 Å². The van der Waals surface area contributed by atoms with Gasteiger partial charge in [-0.1, -0.05) is 51.1 Å². The van der Waals surface area contributed by atoms with E-state index in [1.54, 1.807) is 5.48 Å². The van der Waals surface area contributed by atoms with E-state index >= 15 is 0 Å². The highest BCUT2D eigenvalue weighted by Gasteiger charge is 2.44. The number of rotatable bonds is 4. The Morgan fingerprint density at radius 3 is 2.60 bits per heavy atom. The summed E-state index contributed by atoms with van der Waals surface area (Å²) < 4.78 is 2.82. The Morgan fingerprint density at radius 2 is 2.05 bits per heavy atom. The molecule has 0 aromatic heterocycles. The molecule has 1 aliphatic heterocycles. The Hall–Kier alpha value is -1.38. The Balaban J connectivity index is 1.75. The van der Waals surface area contributed by atoms with Gasteiger partial charge in [0.15, 0.2) is 0 Å². The highest BCUT2D eigenvalue weighted by atomic mass is 127. The van der Waals surface area contributed by atoms with Crippen molar-refractivity contribution in [2.24, 2.45) is 4.99 Å². The fourth-order valence-corrected chi connectivity index (χ4v) is 4.14. The smallest absolute Gasteiger partial charge is 0.276 e. The average Bonchev–Trinajstić information content (AvgIpc) is 3.29. The van der Waals surface area contributed by atoms with Crippen molar-refractivity contribution >= 4 is 36.6 Å². The molecule has 20 heavy (non-hydrogen) atoms. The molecule has 0 spiro atoms. The lowest BCUT2D eigenvalue weighted by Gasteiger charge is -2.18. The zero-order chi connectivity index (χ0) is 14.0. The fraction of sp³-hybridized carbons (Fsp3) is 0.214. The van der Waals surface area contributed by atoms with Crippen LogP contribution in [0.15, 0.2) is 45.0 Å². The molecule has 0 radical (unpaired) electrons. The third-order valence-corrected chi connectivity index (χ3v) is 5.50. The maximum Gasteiger partial charge on any atom is 0.276 e. The second-order valence-corrected chi connectivity index (χ2v) is 7.00. The molecule has 1 aromatic rings. The molecule has 1 heterocycles. The number of hydrogen-bond donors (Lipinski definition) is 3. The van der Waals surface area contributed by atoms with Gasteiger partial charge in [0.1, 0.15) is 3.76 Å². The molecular formula is C14H14IN3O2. The predicted molar refractivity (Wildman–Crippen MR) is 86.0 cm³/mol. The molecule has 6 heteroatoms. The van der Waals surface area contributed by atoms with Gasteiger partial charge in [0.25, 0.3) is 5.91 Å². The molecule has 3 N–H and O–H groups in total. The topological polar surface area (TPSA) is 73.7 Å². The largest absolute Gasteiger partial charge is 0.288 e. The SMILES string of the molecule is O=C(NO)C1=CI=C(NC2(c3ccccc3)CC2)N=C1. The van der Waals surface area contributed by atoms with Crippen molar-refractivity contribution in [3.05, 3.63) is 45.6 Å². The van der Waals surface area contributed by atoms with Crippen LogP contribution in [-0.4, -0.2) is 21.1 Å². The van der Waals surface area contributed by atoms with E-state index in [1.807, 2.05) is 22.3 Å². The van der Waals surface area contributed by atoms with Crippen molar-refractivity contribution in [1.82, 2.24) is 10.8 Å². The van der Waals surface area contributed by atoms with Crippen LogP contribution in [0.5, 0.6) is 0 Å². The van der Waals surface area contributed by atoms with Crippen molar-refractivity contribution in [3.63, 3.8) is 0 Å². The van der Waals surface area contributed by atoms with Crippen LogP contribution in [-0.2, 0) is 10.3 Å². The number of hydrogen-bond acceptors (Lipinski definition) is 4. The van der Waals surface area contributed by atoms with E-state index in [0.29, 0.717) is 5.57 Å². The van der Waals surface area contributed by atoms with Gasteiger partial charge < -0.3 is 0 Å². The highest BCUT2D eigenvalue weighted by Crippen LogP contribution is 2.45. The minimum absolute atomic E-state index is 0.0260. The van der Waals surface area contributed by atoms with E-state index in [-0.39, 0.29) is 5.54 Å². The molecule has 0 bridgehead atoms. The maximum atomic E-state index is 11.3. The van der Waals surface area contributed by atoms with Crippen LogP contribution in [0.1, 0.15) is 18.4 Å². The first-order chi connectivity index (χ1) is 9.73. The number of nitrogens with zero attached hydrogens (tertiary/aromatic N) is 1. The van der Waals surface area contributed by atoms with Crippen LogP contribution in [0.25, 0.3) is 0 Å². The number of carbonyl (C=O) groups excluding carboxylic acids is 1. The molecule has 1 aliphatic carbocycles. The number of aliphatic imine (C=N–C) groups is 1. The highest BCUT2D eigenvalue weighted by molar-refractivity contribution is 14.2. The number of amides is 1. The van der Waals surface area contributed by atoms with Gasteiger partial charge in [-0.3, -0.25) is 15.3 Å². The summed E-state index contributed by atoms with van der Waals surface area (Å²) in [6.07, 6.45) is 3.71. The number of benzene rings is 1. The Bertz CT molecular complexity index is 619. The second kappa shape index (κ2) is 5.55. The zero-order valence-corrected chi connectivity index (χ0v) is 12.8. The van der Waals surface area contributed by atoms with E-state index in [4.69, 9.17) is 5.21 Å². The Morgan fingerprint density at radius 1 is 1.30 bits per heavy atom. The van der Waals surface area contributed by atoms with Gasteiger partial charge in [-0.05, 0) is 22.5 Å². The number of halogens is 1. The van der Waals surface area contributed by atoms with E-state index in [2.05, 4.69) is 22.4 Å². The minimum Gasteiger partial charge on any atom is -0.288 e. The third-order valence-electron chi connectivity index (χ3n) is 3.37. The molecule has 3 rings (SSSR count). The van der Waals surface area contributed by atoms with Gasteiger partial charge in [0, 0.05) is 11.8 Å². The minimum atomic E-state index is -0.503. The van der Waals surface area contributed by atoms with Gasteiger partial charge in [-0.15, -0.1) is 0 Å². The lowest BCUT2D eigenvalue weighted by molar-refractivity contribution is -0.124. The van der Waals surface area contributed by atoms with Crippen molar-refractivity contribution < 1.29 is 10.0 Å². The van der Waals surface area contributed by atoms with E-state index < -0.39 is 26.6 Å². The van der Waals surface area contributed by atoms with Crippen molar-refractivity contribution in [3.8, 4) is 0 Å². The quantitative estimate of drug-likeness (QED) is 0.422. The second-order valence-electron chi connectivity index (χ2n) is 4.74. The lowest BCUT2D eigenvalue weighted by Crippen LogP contribution is -2.33. The van der Waals surface area contributed by atoms with Crippen LogP contribution in [0.4, 0.5) is 0 Å². The Kier molecular flexibility index (Phi) is 3.77. The van der Waals surface area contributed by atoms with Crippen molar-refractivity contribution in [1.29, 1.82) is 0 Å². The van der Waals surface area contributed by atoms with Gasteiger partial charge >= 0.3 is 0 Å². The van der Waals surface area contributed by atoms with Gasteiger partial charge in [-0.2, -0.15) is 0 Å². The summed E-state index contributed by atoms with van der Waals surface area (Å²) in [5, 5.41) is 12.1. The molecule has 1 amide bonds. The summed E-state index contributed by atoms with van der Waals surface area (Å²) >= 11 is -0.475. The lowest BCUT2D eigenvalue weighted by atomic mass is 10.1. The number of nitrogens with one attached hydrogen (secondary N) is 2. The predicted octanol–water partition coefficient (Wildman–Crippen LogP) is 1.80. The normalized spacial score (nSPS) is 19.4. The summed E-state index contributed by atoms with van der Waals surface area (Å²) in [7, 11) is 0. The first kappa shape index (κ1) is 13.6. The van der Waals surface area contributed by atoms with Gasteiger partial charge in [0.05, 0.1) is 5.57 Å². The van der Waals surface area contributed by atoms with E-state index in [1.165, 1.54) is 11.8 Å². The zero-order valence-electron chi connectivity index (χ0n) is 10.6. The van der Waals surface area contributed by atoms with Gasteiger partial charge in [-0.25, -0.2) is 10.5 Å². The summed E-state index contributed by atoms with van der Waals surface area (Å²) in [5.41, 5.74) is 3.36. The number of hydroxylamine groups is 1. The summed E-state index contributed by atoms with van der Waals surface area (Å²) in [6, 6.07) is 10.4. The van der Waals surface area contributed by atoms with Crippen molar-refractivity contribution in [2.75, 3.05) is 0 Å². The molecule has 0 saturated heterocycles. The first-order valence-corrected chi connectivity index (χ1v) is 8.59. The summed E-state index contributed by atoms with van der Waals surface area (Å²) in [5.74, 6) is -0.503. The van der Waals surface area contributed by atoms with Gasteiger partial charge in [0.2, 0.25) is 0 Å². The van der Waals surface area contributed by atoms with E-state index in [0.717, 1.165) is 16.6 Å². The summed E-state index contributed by atoms with van der Waals surface area (Å²) in [6.45, 7) is 0. The molecular weight excluding hydrogens is 369 g/mol.